The summed E-state index contributed by atoms with van der Waals surface area (Å²) in [6, 6.07) is 61.5. The van der Waals surface area contributed by atoms with Crippen molar-refractivity contribution >= 4 is 130 Å². The molecular weight excluding hydrogens is 945 g/mol. The van der Waals surface area contributed by atoms with Crippen molar-refractivity contribution in [1.29, 1.82) is 0 Å². The van der Waals surface area contributed by atoms with Crippen LogP contribution in [0.1, 0.15) is 29.7 Å². The second kappa shape index (κ2) is 20.5. The largest absolute Gasteiger partial charge is 0.872 e. The molecule has 0 saturated carbocycles. The summed E-state index contributed by atoms with van der Waals surface area (Å²) in [5.41, 5.74) is 2.76. The minimum Gasteiger partial charge on any atom is -0.872 e. The lowest BCUT2D eigenvalue weighted by Gasteiger charge is -2.12. The Kier molecular flexibility index (Phi) is 13.8. The van der Waals surface area contributed by atoms with Crippen molar-refractivity contribution < 1.29 is 38.1 Å². The maximum atomic E-state index is 12.1. The van der Waals surface area contributed by atoms with Crippen LogP contribution in [0.3, 0.4) is 0 Å². The van der Waals surface area contributed by atoms with Crippen LogP contribution in [0.15, 0.2) is 237 Å². The van der Waals surface area contributed by atoms with E-state index in [1.807, 2.05) is 121 Å². The lowest BCUT2D eigenvalue weighted by Crippen LogP contribution is -1.91. The first kappa shape index (κ1) is 51.0. The van der Waals surface area contributed by atoms with E-state index in [0.29, 0.717) is 43.9 Å². The van der Waals surface area contributed by atoms with Gasteiger partial charge in [0.1, 0.15) is 22.3 Å². The molecule has 0 unspecified atom stereocenters. The molecule has 0 N–H and O–H groups in total. The molecule has 12 aromatic carbocycles. The van der Waals surface area contributed by atoms with E-state index in [9.17, 15) is 20.4 Å². The summed E-state index contributed by atoms with van der Waals surface area (Å²) in [5, 5.41) is 67.7. The molecule has 16 aromatic rings. The SMILES string of the molecule is C.C.C.C.[O-]c1cccc2c3ccccc3c3ccoc3c12.[O-]c1cccc2c3ccccc3c3ccoc3c12.[O-]c1cccc2c3ccccc3c3ccoc3c12.[O-]c1cccc2c3ccccc3c3ccoc3c12. The van der Waals surface area contributed by atoms with Crippen LogP contribution in [0.2, 0.25) is 0 Å². The average molecular weight is 997 g/mol. The molecule has 0 saturated heterocycles. The van der Waals surface area contributed by atoms with Gasteiger partial charge in [-0.05, 0) is 88.9 Å². The van der Waals surface area contributed by atoms with E-state index in [0.717, 1.165) is 86.2 Å². The maximum absolute atomic E-state index is 12.1. The normalized spacial score (nSPS) is 10.9. The van der Waals surface area contributed by atoms with E-state index >= 15 is 0 Å². The highest BCUT2D eigenvalue weighted by molar-refractivity contribution is 6.28. The third-order valence-electron chi connectivity index (χ3n) is 13.7. The zero-order valence-electron chi connectivity index (χ0n) is 38.1. The van der Waals surface area contributed by atoms with Crippen LogP contribution in [-0.4, -0.2) is 0 Å². The predicted octanol–water partition coefficient (Wildman–Crippen LogP) is 17.8. The van der Waals surface area contributed by atoms with Gasteiger partial charge in [-0.25, -0.2) is 0 Å². The molecule has 8 heteroatoms. The Bertz CT molecular complexity index is 4160. The summed E-state index contributed by atoms with van der Waals surface area (Å²) < 4.78 is 22.1. The molecule has 0 aliphatic heterocycles. The highest BCUT2D eigenvalue weighted by atomic mass is 16.3. The fourth-order valence-electron chi connectivity index (χ4n) is 10.6. The summed E-state index contributed by atoms with van der Waals surface area (Å²) in [6.07, 6.45) is 6.57. The van der Waals surface area contributed by atoms with Gasteiger partial charge in [-0.1, -0.05) is 223 Å². The quantitative estimate of drug-likeness (QED) is 0.137. The van der Waals surface area contributed by atoms with Crippen molar-refractivity contribution in [3.05, 3.63) is 219 Å². The van der Waals surface area contributed by atoms with E-state index in [1.165, 1.54) is 0 Å². The molecule has 0 bridgehead atoms. The Hall–Kier alpha value is -9.92. The van der Waals surface area contributed by atoms with Crippen molar-refractivity contribution in [2.75, 3.05) is 0 Å². The summed E-state index contributed by atoms with van der Waals surface area (Å²) in [6.45, 7) is 0. The van der Waals surface area contributed by atoms with Gasteiger partial charge >= 0.3 is 0 Å². The van der Waals surface area contributed by atoms with Crippen molar-refractivity contribution in [2.24, 2.45) is 0 Å². The van der Waals surface area contributed by atoms with Gasteiger partial charge < -0.3 is 38.1 Å². The molecule has 0 aliphatic rings. The highest BCUT2D eigenvalue weighted by Crippen LogP contribution is 2.42. The Morgan fingerprint density at radius 3 is 0.553 bits per heavy atom. The monoisotopic (exact) mass is 996 g/mol. The Morgan fingerprint density at radius 2 is 0.355 bits per heavy atom. The van der Waals surface area contributed by atoms with Crippen LogP contribution >= 0.6 is 0 Å². The van der Waals surface area contributed by atoms with Gasteiger partial charge in [0.05, 0.1) is 25.1 Å². The predicted molar refractivity (Wildman–Crippen MR) is 310 cm³/mol. The maximum Gasteiger partial charge on any atom is 0.141 e. The first-order valence-corrected chi connectivity index (χ1v) is 23.3. The number of hydrogen-bond donors (Lipinski definition) is 0. The van der Waals surface area contributed by atoms with E-state index in [1.54, 1.807) is 73.6 Å². The molecule has 0 fully saturated rings. The van der Waals surface area contributed by atoms with Gasteiger partial charge in [-0.3, -0.25) is 0 Å². The van der Waals surface area contributed by atoms with Gasteiger partial charge in [-0.2, -0.15) is 0 Å². The molecule has 4 aromatic heterocycles. The standard InChI is InChI=1S/4C16H10O2.4CH4/c4*17-14-7-3-6-12-10-4-1-2-5-11(10)13-8-9-18-16(13)15(12)14;;;;/h4*1-9,17H;4*1H4/p-4. The molecule has 0 aliphatic carbocycles. The number of fused-ring (bicyclic) bond motifs is 24. The summed E-state index contributed by atoms with van der Waals surface area (Å²) in [5.74, 6) is 0.0489. The van der Waals surface area contributed by atoms with Gasteiger partial charge in [0.15, 0.2) is 0 Å². The number of hydrogen-bond acceptors (Lipinski definition) is 8. The summed E-state index contributed by atoms with van der Waals surface area (Å²) in [4.78, 5) is 0. The first-order valence-electron chi connectivity index (χ1n) is 23.3. The molecule has 0 radical (unpaired) electrons. The summed E-state index contributed by atoms with van der Waals surface area (Å²) in [7, 11) is 0. The Labute approximate surface area is 438 Å². The number of furan rings is 4. The Morgan fingerprint density at radius 1 is 0.184 bits per heavy atom. The van der Waals surface area contributed by atoms with Crippen molar-refractivity contribution in [1.82, 2.24) is 0 Å². The fourth-order valence-corrected chi connectivity index (χ4v) is 10.6. The highest BCUT2D eigenvalue weighted by Gasteiger charge is 2.14. The van der Waals surface area contributed by atoms with E-state index in [4.69, 9.17) is 17.7 Å². The lowest BCUT2D eigenvalue weighted by molar-refractivity contribution is -0.266. The van der Waals surface area contributed by atoms with E-state index in [2.05, 4.69) is 24.3 Å². The van der Waals surface area contributed by atoms with Crippen LogP contribution < -0.4 is 20.4 Å². The zero-order chi connectivity index (χ0) is 48.5. The van der Waals surface area contributed by atoms with Crippen LogP contribution in [0.5, 0.6) is 23.0 Å². The van der Waals surface area contributed by atoms with E-state index in [-0.39, 0.29) is 52.7 Å². The second-order valence-corrected chi connectivity index (χ2v) is 17.6. The molecule has 16 rings (SSSR count). The van der Waals surface area contributed by atoms with Crippen LogP contribution in [0.25, 0.3) is 130 Å². The third kappa shape index (κ3) is 8.04. The molecule has 0 amide bonds. The molecule has 0 atom stereocenters. The smallest absolute Gasteiger partial charge is 0.141 e. The van der Waals surface area contributed by atoms with Crippen LogP contribution in [0.4, 0.5) is 0 Å². The van der Waals surface area contributed by atoms with Gasteiger partial charge in [-0.15, -0.1) is 0 Å². The Balaban J connectivity index is 0.000000122. The van der Waals surface area contributed by atoms with Gasteiger partial charge in [0, 0.05) is 43.1 Å². The minimum atomic E-state index is 0. The molecule has 376 valence electrons. The number of benzene rings is 12. The molecule has 8 nitrogen and oxygen atoms in total. The minimum absolute atomic E-state index is 0. The van der Waals surface area contributed by atoms with Gasteiger partial charge in [0.2, 0.25) is 0 Å². The van der Waals surface area contributed by atoms with Crippen LogP contribution in [-0.2, 0) is 0 Å². The second-order valence-electron chi connectivity index (χ2n) is 17.6. The molecular formula is C68H52O8-4. The van der Waals surface area contributed by atoms with E-state index < -0.39 is 0 Å². The fraction of sp³-hybridized carbons (Fsp3) is 0.0588. The molecule has 76 heavy (non-hydrogen) atoms. The van der Waals surface area contributed by atoms with Crippen molar-refractivity contribution in [3.63, 3.8) is 0 Å². The zero-order valence-corrected chi connectivity index (χ0v) is 38.1. The lowest BCUT2D eigenvalue weighted by atomic mass is 9.98. The van der Waals surface area contributed by atoms with Crippen molar-refractivity contribution in [3.8, 4) is 23.0 Å². The first-order chi connectivity index (χ1) is 35.4. The average Bonchev–Trinajstić information content (AvgIpc) is 4.31. The van der Waals surface area contributed by atoms with Gasteiger partial charge in [0.25, 0.3) is 0 Å². The van der Waals surface area contributed by atoms with Crippen LogP contribution in [0, 0.1) is 0 Å². The molecule has 0 spiro atoms. The topological polar surface area (TPSA) is 145 Å². The third-order valence-corrected chi connectivity index (χ3v) is 13.7. The van der Waals surface area contributed by atoms with Crippen molar-refractivity contribution in [2.45, 2.75) is 29.7 Å². The molecule has 4 heterocycles. The number of rotatable bonds is 0. The summed E-state index contributed by atoms with van der Waals surface area (Å²) >= 11 is 0.